The number of benzene rings is 2. The Morgan fingerprint density at radius 3 is 2.26 bits per heavy atom. The van der Waals surface area contributed by atoms with E-state index in [1.54, 1.807) is 6.92 Å². The molecule has 0 saturated heterocycles. The second-order valence-electron chi connectivity index (χ2n) is 4.94. The molecule has 5 nitrogen and oxygen atoms in total. The maximum Gasteiger partial charge on any atom is 0.316 e. The Hall–Kier alpha value is -2.60. The molecule has 6 heteroatoms. The molecule has 0 saturated carbocycles. The molecule has 3 aromatic rings. The van der Waals surface area contributed by atoms with Gasteiger partial charge < -0.3 is 5.11 Å². The molecule has 0 spiro atoms. The molecule has 0 fully saturated rings. The van der Waals surface area contributed by atoms with E-state index in [1.807, 2.05) is 65.2 Å². The van der Waals surface area contributed by atoms with Crippen LogP contribution in [0.15, 0.2) is 65.8 Å². The van der Waals surface area contributed by atoms with Crippen LogP contribution in [-0.2, 0) is 4.79 Å². The van der Waals surface area contributed by atoms with E-state index in [-0.39, 0.29) is 0 Å². The standard InChI is InChI=1S/C17H15N3O2S/c1-12(16(21)22)23-17-19-18-15(13-8-4-2-5-9-13)20(17)14-10-6-3-7-11-14/h2-12H,1H3,(H,21,22). The lowest BCUT2D eigenvalue weighted by atomic mass is 10.2. The predicted molar refractivity (Wildman–Crippen MR) is 89.7 cm³/mol. The third-order valence-corrected chi connectivity index (χ3v) is 4.34. The van der Waals surface area contributed by atoms with Crippen LogP contribution < -0.4 is 0 Å². The lowest BCUT2D eigenvalue weighted by Crippen LogP contribution is -2.12. The van der Waals surface area contributed by atoms with Crippen LogP contribution in [0.25, 0.3) is 17.1 Å². The van der Waals surface area contributed by atoms with Crippen molar-refractivity contribution in [3.8, 4) is 17.1 Å². The van der Waals surface area contributed by atoms with E-state index < -0.39 is 11.2 Å². The van der Waals surface area contributed by atoms with Gasteiger partial charge in [0, 0.05) is 11.3 Å². The first-order valence-electron chi connectivity index (χ1n) is 7.12. The first-order chi connectivity index (χ1) is 11.2. The highest BCUT2D eigenvalue weighted by atomic mass is 32.2. The summed E-state index contributed by atoms with van der Waals surface area (Å²) in [5.74, 6) is -0.184. The van der Waals surface area contributed by atoms with Gasteiger partial charge in [0.15, 0.2) is 11.0 Å². The Labute approximate surface area is 138 Å². The Bertz CT molecular complexity index is 803. The van der Waals surface area contributed by atoms with E-state index >= 15 is 0 Å². The van der Waals surface area contributed by atoms with Crippen molar-refractivity contribution >= 4 is 17.7 Å². The Balaban J connectivity index is 2.11. The van der Waals surface area contributed by atoms with E-state index in [0.717, 1.165) is 11.3 Å². The minimum atomic E-state index is -0.876. The largest absolute Gasteiger partial charge is 0.480 e. The highest BCUT2D eigenvalue weighted by Gasteiger charge is 2.21. The van der Waals surface area contributed by atoms with Gasteiger partial charge in [0.05, 0.1) is 0 Å². The summed E-state index contributed by atoms with van der Waals surface area (Å²) in [7, 11) is 0. The Morgan fingerprint density at radius 1 is 1.04 bits per heavy atom. The van der Waals surface area contributed by atoms with Gasteiger partial charge in [-0.05, 0) is 19.1 Å². The molecule has 1 N–H and O–H groups in total. The summed E-state index contributed by atoms with van der Waals surface area (Å²) in [6, 6.07) is 19.4. The SMILES string of the molecule is CC(Sc1nnc(-c2ccccc2)n1-c1ccccc1)C(=O)O. The summed E-state index contributed by atoms with van der Waals surface area (Å²) in [5.41, 5.74) is 1.83. The molecule has 1 atom stereocenters. The van der Waals surface area contributed by atoms with Crippen molar-refractivity contribution in [2.45, 2.75) is 17.3 Å². The summed E-state index contributed by atoms with van der Waals surface area (Å²) in [6.07, 6.45) is 0. The van der Waals surface area contributed by atoms with Crippen LogP contribution in [0.5, 0.6) is 0 Å². The van der Waals surface area contributed by atoms with E-state index in [0.29, 0.717) is 11.0 Å². The number of carbonyl (C=O) groups is 1. The Morgan fingerprint density at radius 2 is 1.65 bits per heavy atom. The quantitative estimate of drug-likeness (QED) is 0.727. The van der Waals surface area contributed by atoms with Crippen molar-refractivity contribution in [3.05, 3.63) is 60.7 Å². The smallest absolute Gasteiger partial charge is 0.316 e. The molecule has 2 aromatic carbocycles. The van der Waals surface area contributed by atoms with Crippen LogP contribution in [0.2, 0.25) is 0 Å². The average Bonchev–Trinajstić information content (AvgIpc) is 3.00. The highest BCUT2D eigenvalue weighted by Crippen LogP contribution is 2.29. The van der Waals surface area contributed by atoms with Gasteiger partial charge in [0.25, 0.3) is 0 Å². The molecule has 23 heavy (non-hydrogen) atoms. The fraction of sp³-hybridized carbons (Fsp3) is 0.118. The van der Waals surface area contributed by atoms with Crippen LogP contribution in [-0.4, -0.2) is 31.1 Å². The number of carboxylic acids is 1. The average molecular weight is 325 g/mol. The van der Waals surface area contributed by atoms with Gasteiger partial charge in [-0.2, -0.15) is 0 Å². The van der Waals surface area contributed by atoms with Gasteiger partial charge in [-0.1, -0.05) is 60.3 Å². The van der Waals surface area contributed by atoms with Crippen molar-refractivity contribution in [1.29, 1.82) is 0 Å². The summed E-state index contributed by atoms with van der Waals surface area (Å²) >= 11 is 1.18. The monoisotopic (exact) mass is 325 g/mol. The van der Waals surface area contributed by atoms with Gasteiger partial charge in [0.1, 0.15) is 5.25 Å². The summed E-state index contributed by atoms with van der Waals surface area (Å²) in [5, 5.41) is 17.6. The van der Waals surface area contributed by atoms with Gasteiger partial charge in [-0.15, -0.1) is 10.2 Å². The molecule has 0 bridgehead atoms. The number of hydrogen-bond acceptors (Lipinski definition) is 4. The summed E-state index contributed by atoms with van der Waals surface area (Å²) in [6.45, 7) is 1.64. The molecule has 1 heterocycles. The zero-order chi connectivity index (χ0) is 16.2. The van der Waals surface area contributed by atoms with Crippen molar-refractivity contribution in [2.24, 2.45) is 0 Å². The first-order valence-corrected chi connectivity index (χ1v) is 8.00. The van der Waals surface area contributed by atoms with Crippen LogP contribution in [0.3, 0.4) is 0 Å². The maximum absolute atomic E-state index is 11.1. The zero-order valence-corrected chi connectivity index (χ0v) is 13.3. The number of aromatic nitrogens is 3. The number of nitrogens with zero attached hydrogens (tertiary/aromatic N) is 3. The number of rotatable bonds is 5. The lowest BCUT2D eigenvalue weighted by molar-refractivity contribution is -0.136. The number of carboxylic acid groups (broad SMARTS) is 1. The van der Waals surface area contributed by atoms with Crippen molar-refractivity contribution < 1.29 is 9.90 Å². The molecule has 0 aliphatic carbocycles. The number of para-hydroxylation sites is 1. The molecule has 0 amide bonds. The van der Waals surface area contributed by atoms with Gasteiger partial charge in [-0.25, -0.2) is 0 Å². The Kier molecular flexibility index (Phi) is 4.43. The summed E-state index contributed by atoms with van der Waals surface area (Å²) in [4.78, 5) is 11.1. The second kappa shape index (κ2) is 6.66. The van der Waals surface area contributed by atoms with Gasteiger partial charge in [0.2, 0.25) is 0 Å². The maximum atomic E-state index is 11.1. The molecule has 0 radical (unpaired) electrons. The van der Waals surface area contributed by atoms with E-state index in [1.165, 1.54) is 11.8 Å². The van der Waals surface area contributed by atoms with Gasteiger partial charge in [-0.3, -0.25) is 9.36 Å². The third kappa shape index (κ3) is 3.27. The molecule has 1 unspecified atom stereocenters. The summed E-state index contributed by atoms with van der Waals surface area (Å²) < 4.78 is 1.89. The molecule has 116 valence electrons. The van der Waals surface area contributed by atoms with Gasteiger partial charge >= 0.3 is 5.97 Å². The normalized spacial score (nSPS) is 12.0. The van der Waals surface area contributed by atoms with Crippen LogP contribution in [0.1, 0.15) is 6.92 Å². The van der Waals surface area contributed by atoms with Crippen LogP contribution >= 0.6 is 11.8 Å². The molecule has 1 aromatic heterocycles. The predicted octanol–water partition coefficient (Wildman–Crippen LogP) is 3.50. The minimum Gasteiger partial charge on any atom is -0.480 e. The van der Waals surface area contributed by atoms with Crippen LogP contribution in [0, 0.1) is 0 Å². The fourth-order valence-corrected chi connectivity index (χ4v) is 2.94. The van der Waals surface area contributed by atoms with E-state index in [4.69, 9.17) is 5.11 Å². The zero-order valence-electron chi connectivity index (χ0n) is 12.5. The van der Waals surface area contributed by atoms with Crippen molar-refractivity contribution in [2.75, 3.05) is 0 Å². The number of aliphatic carboxylic acids is 1. The lowest BCUT2D eigenvalue weighted by Gasteiger charge is -2.11. The van der Waals surface area contributed by atoms with Crippen molar-refractivity contribution in [1.82, 2.24) is 14.8 Å². The minimum absolute atomic E-state index is 0.560. The molecule has 0 aliphatic heterocycles. The topological polar surface area (TPSA) is 68.0 Å². The molecular weight excluding hydrogens is 310 g/mol. The number of hydrogen-bond donors (Lipinski definition) is 1. The van der Waals surface area contributed by atoms with Crippen molar-refractivity contribution in [3.63, 3.8) is 0 Å². The van der Waals surface area contributed by atoms with E-state index in [9.17, 15) is 4.79 Å². The highest BCUT2D eigenvalue weighted by molar-refractivity contribution is 8.00. The second-order valence-corrected chi connectivity index (χ2v) is 6.25. The molecule has 0 aliphatic rings. The fourth-order valence-electron chi connectivity index (χ4n) is 2.14. The van der Waals surface area contributed by atoms with E-state index in [2.05, 4.69) is 10.2 Å². The molecular formula is C17H15N3O2S. The first kappa shape index (κ1) is 15.3. The van der Waals surface area contributed by atoms with Crippen LogP contribution in [0.4, 0.5) is 0 Å². The molecule has 3 rings (SSSR count). The third-order valence-electron chi connectivity index (χ3n) is 3.31. The number of thioether (sulfide) groups is 1.